The van der Waals surface area contributed by atoms with Crippen LogP contribution in [0.3, 0.4) is 0 Å². The molecule has 0 fully saturated rings. The lowest BCUT2D eigenvalue weighted by Gasteiger charge is -2.13. The second kappa shape index (κ2) is 9.46. The maximum atomic E-state index is 13.9. The Morgan fingerprint density at radius 3 is 2.42 bits per heavy atom. The topological polar surface area (TPSA) is 104 Å². The predicted molar refractivity (Wildman–Crippen MR) is 117 cm³/mol. The van der Waals surface area contributed by atoms with Gasteiger partial charge in [0.05, 0.1) is 25.1 Å². The lowest BCUT2D eigenvalue weighted by atomic mass is 10.1. The smallest absolute Gasteiger partial charge is 0.272 e. The second-order valence-corrected chi connectivity index (χ2v) is 9.15. The molecule has 2 N–H and O–H groups in total. The van der Waals surface area contributed by atoms with Crippen LogP contribution in [-0.4, -0.2) is 24.5 Å². The van der Waals surface area contributed by atoms with Gasteiger partial charge >= 0.3 is 0 Å². The van der Waals surface area contributed by atoms with E-state index in [2.05, 4.69) is 5.10 Å². The predicted octanol–water partition coefficient (Wildman–Crippen LogP) is 3.34. The normalized spacial score (nSPS) is 11.6. The Bertz CT molecular complexity index is 1280. The molecule has 0 aliphatic carbocycles. The van der Waals surface area contributed by atoms with Crippen LogP contribution in [0, 0.1) is 5.82 Å². The van der Waals surface area contributed by atoms with Gasteiger partial charge in [0.25, 0.3) is 15.7 Å². The minimum absolute atomic E-state index is 0.0292. The monoisotopic (exact) mass is 485 g/mol. The lowest BCUT2D eigenvalue weighted by Crippen LogP contribution is -2.28. The van der Waals surface area contributed by atoms with Crippen molar-refractivity contribution in [3.8, 4) is 11.3 Å². The number of aromatic nitrogens is 2. The summed E-state index contributed by atoms with van der Waals surface area (Å²) in [6.07, 6.45) is 0.880. The highest BCUT2D eigenvalue weighted by Gasteiger charge is 2.16. The summed E-state index contributed by atoms with van der Waals surface area (Å²) in [6.45, 7) is -0.588. The Labute approximate surface area is 188 Å². The SMILES string of the molecule is CS(=O)(=O)OCc1cc(-c2ccc(F)c(CN)c2)nn(Cc2c(Cl)cccc2Cl)c1=O. The molecule has 11 heteroatoms. The molecule has 0 unspecified atom stereocenters. The fraction of sp³-hybridized carbons (Fsp3) is 0.200. The summed E-state index contributed by atoms with van der Waals surface area (Å²) >= 11 is 12.4. The zero-order valence-electron chi connectivity index (χ0n) is 16.3. The summed E-state index contributed by atoms with van der Waals surface area (Å²) in [4.78, 5) is 12.9. The van der Waals surface area contributed by atoms with Crippen molar-refractivity contribution >= 4 is 33.3 Å². The maximum Gasteiger partial charge on any atom is 0.272 e. The quantitative estimate of drug-likeness (QED) is 0.514. The highest BCUT2D eigenvalue weighted by molar-refractivity contribution is 7.85. The summed E-state index contributed by atoms with van der Waals surface area (Å²) < 4.78 is 42.6. The Morgan fingerprint density at radius 1 is 1.13 bits per heavy atom. The Hall–Kier alpha value is -2.30. The molecule has 0 atom stereocenters. The van der Waals surface area contributed by atoms with Gasteiger partial charge in [-0.25, -0.2) is 9.07 Å². The molecule has 2 aromatic carbocycles. The van der Waals surface area contributed by atoms with Crippen molar-refractivity contribution in [3.63, 3.8) is 0 Å². The van der Waals surface area contributed by atoms with Gasteiger partial charge in [-0.2, -0.15) is 13.5 Å². The van der Waals surface area contributed by atoms with E-state index in [0.717, 1.165) is 10.9 Å². The first-order chi connectivity index (χ1) is 14.6. The van der Waals surface area contributed by atoms with E-state index in [1.807, 2.05) is 0 Å². The second-order valence-electron chi connectivity index (χ2n) is 6.69. The van der Waals surface area contributed by atoms with E-state index in [1.54, 1.807) is 18.2 Å². The summed E-state index contributed by atoms with van der Waals surface area (Å²) in [5.74, 6) is -0.469. The Balaban J connectivity index is 2.15. The fourth-order valence-corrected chi connectivity index (χ4v) is 3.70. The molecule has 0 saturated heterocycles. The molecular formula is C20H18Cl2FN3O4S. The number of rotatable bonds is 7. The van der Waals surface area contributed by atoms with E-state index in [4.69, 9.17) is 33.1 Å². The first-order valence-corrected chi connectivity index (χ1v) is 11.5. The standard InChI is InChI=1S/C20H18Cl2FN3O4S/c1-31(28,29)30-11-14-8-19(12-5-6-18(23)13(7-12)9-24)25-26(20(14)27)10-15-16(21)3-2-4-17(15)22/h2-8H,9-11,24H2,1H3. The van der Waals surface area contributed by atoms with Crippen LogP contribution in [-0.2, 0) is 34.0 Å². The minimum atomic E-state index is -3.79. The molecule has 0 spiro atoms. The van der Waals surface area contributed by atoms with Gasteiger partial charge < -0.3 is 5.73 Å². The molecule has 0 aliphatic heterocycles. The van der Waals surface area contributed by atoms with Crippen LogP contribution in [0.1, 0.15) is 16.7 Å². The number of benzene rings is 2. The van der Waals surface area contributed by atoms with E-state index in [1.165, 1.54) is 24.3 Å². The highest BCUT2D eigenvalue weighted by atomic mass is 35.5. The molecule has 0 radical (unpaired) electrons. The van der Waals surface area contributed by atoms with Gasteiger partial charge in [-0.05, 0) is 36.4 Å². The van der Waals surface area contributed by atoms with Gasteiger partial charge in [-0.3, -0.25) is 8.98 Å². The van der Waals surface area contributed by atoms with Gasteiger partial charge in [0, 0.05) is 38.8 Å². The van der Waals surface area contributed by atoms with Crippen LogP contribution in [0.5, 0.6) is 0 Å². The van der Waals surface area contributed by atoms with E-state index >= 15 is 0 Å². The van der Waals surface area contributed by atoms with Crippen molar-refractivity contribution in [3.05, 3.63) is 85.4 Å². The highest BCUT2D eigenvalue weighted by Crippen LogP contribution is 2.25. The van der Waals surface area contributed by atoms with Gasteiger partial charge in [0.1, 0.15) is 5.82 Å². The summed E-state index contributed by atoms with van der Waals surface area (Å²) in [5, 5.41) is 5.03. The molecule has 0 amide bonds. The number of halogens is 3. The van der Waals surface area contributed by atoms with Crippen LogP contribution >= 0.6 is 23.2 Å². The van der Waals surface area contributed by atoms with Crippen molar-refractivity contribution < 1.29 is 17.0 Å². The van der Waals surface area contributed by atoms with E-state index in [9.17, 15) is 17.6 Å². The fourth-order valence-electron chi connectivity index (χ4n) is 2.84. The van der Waals surface area contributed by atoms with E-state index in [0.29, 0.717) is 26.9 Å². The zero-order chi connectivity index (χ0) is 22.8. The Kier molecular flexibility index (Phi) is 7.13. The zero-order valence-corrected chi connectivity index (χ0v) is 18.6. The molecule has 31 heavy (non-hydrogen) atoms. The van der Waals surface area contributed by atoms with Crippen LogP contribution in [0.4, 0.5) is 4.39 Å². The number of nitrogens with two attached hydrogens (primary N) is 1. The number of hydrogen-bond acceptors (Lipinski definition) is 6. The largest absolute Gasteiger partial charge is 0.326 e. The Morgan fingerprint density at radius 2 is 1.81 bits per heavy atom. The van der Waals surface area contributed by atoms with Crippen molar-refractivity contribution in [2.75, 3.05) is 6.26 Å². The van der Waals surface area contributed by atoms with E-state index < -0.39 is 28.1 Å². The molecule has 3 aromatic rings. The third-order valence-electron chi connectivity index (χ3n) is 4.41. The molecule has 7 nitrogen and oxygen atoms in total. The van der Waals surface area contributed by atoms with Crippen LogP contribution in [0.25, 0.3) is 11.3 Å². The number of hydrogen-bond donors (Lipinski definition) is 1. The van der Waals surface area contributed by atoms with Crippen LogP contribution in [0.2, 0.25) is 10.0 Å². The third-order valence-corrected chi connectivity index (χ3v) is 5.66. The summed E-state index contributed by atoms with van der Waals surface area (Å²) in [7, 11) is -3.79. The van der Waals surface area contributed by atoms with Gasteiger partial charge in [-0.15, -0.1) is 0 Å². The first kappa shape index (κ1) is 23.4. The molecule has 1 heterocycles. The van der Waals surface area contributed by atoms with Crippen molar-refractivity contribution in [2.45, 2.75) is 19.7 Å². The van der Waals surface area contributed by atoms with Crippen LogP contribution in [0.15, 0.2) is 47.3 Å². The van der Waals surface area contributed by atoms with Crippen molar-refractivity contribution in [1.29, 1.82) is 0 Å². The van der Waals surface area contributed by atoms with Gasteiger partial charge in [-0.1, -0.05) is 29.3 Å². The van der Waals surface area contributed by atoms with Gasteiger partial charge in [0.2, 0.25) is 0 Å². The van der Waals surface area contributed by atoms with Crippen LogP contribution < -0.4 is 11.3 Å². The maximum absolute atomic E-state index is 13.9. The van der Waals surface area contributed by atoms with E-state index in [-0.39, 0.29) is 24.2 Å². The molecule has 164 valence electrons. The molecule has 0 saturated carbocycles. The van der Waals surface area contributed by atoms with Crippen molar-refractivity contribution in [1.82, 2.24) is 9.78 Å². The minimum Gasteiger partial charge on any atom is -0.326 e. The summed E-state index contributed by atoms with van der Waals surface area (Å²) in [5.41, 5.74) is 6.56. The molecule has 1 aromatic heterocycles. The average molecular weight is 486 g/mol. The lowest BCUT2D eigenvalue weighted by molar-refractivity contribution is 0.308. The average Bonchev–Trinajstić information content (AvgIpc) is 2.70. The molecular weight excluding hydrogens is 468 g/mol. The molecule has 0 aliphatic rings. The van der Waals surface area contributed by atoms with Crippen molar-refractivity contribution in [2.24, 2.45) is 5.73 Å². The molecule has 3 rings (SSSR count). The summed E-state index contributed by atoms with van der Waals surface area (Å²) in [6, 6.07) is 10.5. The number of nitrogens with zero attached hydrogens (tertiary/aromatic N) is 2. The molecule has 0 bridgehead atoms. The third kappa shape index (κ3) is 5.69. The first-order valence-electron chi connectivity index (χ1n) is 8.96. The van der Waals surface area contributed by atoms with Gasteiger partial charge in [0.15, 0.2) is 0 Å².